The first-order valence-electron chi connectivity index (χ1n) is 20.6. The van der Waals surface area contributed by atoms with Gasteiger partial charge in [-0.05, 0) is 131 Å². The van der Waals surface area contributed by atoms with E-state index in [1.54, 1.807) is 0 Å². The van der Waals surface area contributed by atoms with Gasteiger partial charge in [-0.25, -0.2) is 0 Å². The highest BCUT2D eigenvalue weighted by Gasteiger charge is 2.21. The van der Waals surface area contributed by atoms with Crippen molar-refractivity contribution in [1.82, 2.24) is 0 Å². The summed E-state index contributed by atoms with van der Waals surface area (Å²) in [4.78, 5) is 2.33. The highest BCUT2D eigenvalue weighted by atomic mass is 16.3. The number of hydrogen-bond acceptors (Lipinski definition) is 2. The molecule has 60 heavy (non-hydrogen) atoms. The Bertz CT molecular complexity index is 3590. The molecule has 1 aromatic heterocycles. The summed E-state index contributed by atoms with van der Waals surface area (Å²) in [5, 5.41) is 12.1. The second kappa shape index (κ2) is 13.9. The number of fused-ring (bicyclic) bond motifs is 8. The minimum absolute atomic E-state index is 0.864. The lowest BCUT2D eigenvalue weighted by molar-refractivity contribution is 0.669. The number of furan rings is 1. The first-order valence-corrected chi connectivity index (χ1v) is 20.6. The Labute approximate surface area is 347 Å². The average molecular weight is 764 g/mol. The van der Waals surface area contributed by atoms with E-state index in [0.717, 1.165) is 39.0 Å². The van der Waals surface area contributed by atoms with Crippen LogP contribution < -0.4 is 4.90 Å². The fourth-order valence-corrected chi connectivity index (χ4v) is 9.20. The van der Waals surface area contributed by atoms with Gasteiger partial charge in [-0.2, -0.15) is 0 Å². The molecule has 0 atom stereocenters. The van der Waals surface area contributed by atoms with Crippen LogP contribution in [-0.2, 0) is 0 Å². The van der Waals surface area contributed by atoms with Crippen LogP contribution in [0.25, 0.3) is 98.4 Å². The molecule has 0 aliphatic carbocycles. The number of para-hydroxylation sites is 1. The first-order chi connectivity index (χ1) is 29.7. The Balaban J connectivity index is 0.946. The molecule has 0 fully saturated rings. The number of benzene rings is 11. The summed E-state index contributed by atoms with van der Waals surface area (Å²) in [5.74, 6) is 0. The smallest absolute Gasteiger partial charge is 0.159 e. The van der Waals surface area contributed by atoms with E-state index in [1.807, 2.05) is 0 Å². The van der Waals surface area contributed by atoms with E-state index in [1.165, 1.54) is 76.5 Å². The molecule has 0 radical (unpaired) electrons. The first kappa shape index (κ1) is 34.1. The van der Waals surface area contributed by atoms with Crippen LogP contribution in [0.5, 0.6) is 0 Å². The van der Waals surface area contributed by atoms with E-state index in [0.29, 0.717) is 0 Å². The SMILES string of the molecule is c1ccc2cc(-c3ccc4cc(-c5ccc(N(c6ccc(-c7cccc8ccccc78)cc6)c6cccc7c6oc6ccc8ccccc8c67)cc5)ccc4c3)ccc2c1. The molecule has 0 aliphatic heterocycles. The fraction of sp³-hybridized carbons (Fsp3) is 0. The standard InChI is InChI=1S/C58H37NO/c1-2-12-43-35-45(20-19-38(43)9-1)48-24-23-46-36-44(21-22-47(46)37-48)39-25-30-49(31-26-39)59(50-32-27-42(28-33-50)52-16-7-13-40-10-3-5-14-51(40)52)55-18-8-17-54-57-53-15-6-4-11-41(53)29-34-56(57)60-58(54)55/h1-37H. The maximum atomic E-state index is 6.80. The number of hydrogen-bond donors (Lipinski definition) is 0. The summed E-state index contributed by atoms with van der Waals surface area (Å²) < 4.78 is 6.80. The minimum Gasteiger partial charge on any atom is -0.454 e. The van der Waals surface area contributed by atoms with Crippen LogP contribution >= 0.6 is 0 Å². The molecular formula is C58H37NO. The van der Waals surface area contributed by atoms with Crippen molar-refractivity contribution in [3.8, 4) is 33.4 Å². The van der Waals surface area contributed by atoms with Gasteiger partial charge in [0, 0.05) is 22.1 Å². The Hall–Kier alpha value is -7.94. The summed E-state index contributed by atoms with van der Waals surface area (Å²) in [6.07, 6.45) is 0. The monoisotopic (exact) mass is 763 g/mol. The largest absolute Gasteiger partial charge is 0.454 e. The Morgan fingerprint density at radius 2 is 0.767 bits per heavy atom. The molecule has 2 heteroatoms. The van der Waals surface area contributed by atoms with Crippen LogP contribution in [0.4, 0.5) is 17.1 Å². The van der Waals surface area contributed by atoms with Gasteiger partial charge in [0.2, 0.25) is 0 Å². The van der Waals surface area contributed by atoms with Crippen LogP contribution in [0, 0.1) is 0 Å². The molecule has 11 aromatic carbocycles. The summed E-state index contributed by atoms with van der Waals surface area (Å²) in [6.45, 7) is 0. The maximum Gasteiger partial charge on any atom is 0.159 e. The third kappa shape index (κ3) is 5.73. The second-order valence-corrected chi connectivity index (χ2v) is 15.7. The van der Waals surface area contributed by atoms with E-state index in [2.05, 4.69) is 229 Å². The summed E-state index contributed by atoms with van der Waals surface area (Å²) in [7, 11) is 0. The van der Waals surface area contributed by atoms with Gasteiger partial charge in [0.15, 0.2) is 5.58 Å². The highest BCUT2D eigenvalue weighted by molar-refractivity contribution is 6.21. The maximum absolute atomic E-state index is 6.80. The van der Waals surface area contributed by atoms with Crippen molar-refractivity contribution in [2.24, 2.45) is 0 Å². The summed E-state index contributed by atoms with van der Waals surface area (Å²) in [6, 6.07) is 81.2. The van der Waals surface area contributed by atoms with Crippen LogP contribution in [0.15, 0.2) is 229 Å². The molecule has 0 bridgehead atoms. The molecule has 12 rings (SSSR count). The molecule has 280 valence electrons. The molecular weight excluding hydrogens is 727 g/mol. The van der Waals surface area contributed by atoms with E-state index in [-0.39, 0.29) is 0 Å². The highest BCUT2D eigenvalue weighted by Crippen LogP contribution is 2.45. The minimum atomic E-state index is 0.864. The van der Waals surface area contributed by atoms with Crippen molar-refractivity contribution in [3.63, 3.8) is 0 Å². The van der Waals surface area contributed by atoms with E-state index in [9.17, 15) is 0 Å². The number of rotatable bonds is 6. The van der Waals surface area contributed by atoms with Crippen LogP contribution in [0.1, 0.15) is 0 Å². The Morgan fingerprint density at radius 3 is 1.47 bits per heavy atom. The van der Waals surface area contributed by atoms with Gasteiger partial charge in [-0.15, -0.1) is 0 Å². The predicted molar refractivity (Wildman–Crippen MR) is 255 cm³/mol. The van der Waals surface area contributed by atoms with Crippen LogP contribution in [-0.4, -0.2) is 0 Å². The van der Waals surface area contributed by atoms with E-state index >= 15 is 0 Å². The number of anilines is 3. The molecule has 0 saturated carbocycles. The van der Waals surface area contributed by atoms with Crippen LogP contribution in [0.2, 0.25) is 0 Å². The van der Waals surface area contributed by atoms with Crippen molar-refractivity contribution in [3.05, 3.63) is 224 Å². The molecule has 0 spiro atoms. The molecule has 0 unspecified atom stereocenters. The van der Waals surface area contributed by atoms with Crippen LogP contribution in [0.3, 0.4) is 0 Å². The van der Waals surface area contributed by atoms with Gasteiger partial charge in [0.1, 0.15) is 5.58 Å². The van der Waals surface area contributed by atoms with Crippen molar-refractivity contribution in [1.29, 1.82) is 0 Å². The van der Waals surface area contributed by atoms with Gasteiger partial charge in [-0.1, -0.05) is 170 Å². The molecule has 0 amide bonds. The van der Waals surface area contributed by atoms with Gasteiger partial charge in [-0.3, -0.25) is 0 Å². The molecule has 2 nitrogen and oxygen atoms in total. The second-order valence-electron chi connectivity index (χ2n) is 15.7. The number of nitrogens with zero attached hydrogens (tertiary/aromatic N) is 1. The van der Waals surface area contributed by atoms with Crippen molar-refractivity contribution >= 4 is 82.1 Å². The zero-order chi connectivity index (χ0) is 39.6. The van der Waals surface area contributed by atoms with Gasteiger partial charge in [0.05, 0.1) is 5.69 Å². The predicted octanol–water partition coefficient (Wildman–Crippen LogP) is 16.7. The van der Waals surface area contributed by atoms with Gasteiger partial charge < -0.3 is 9.32 Å². The van der Waals surface area contributed by atoms with E-state index in [4.69, 9.17) is 4.42 Å². The molecule has 0 saturated heterocycles. The molecule has 0 N–H and O–H groups in total. The lowest BCUT2D eigenvalue weighted by atomic mass is 9.96. The normalized spacial score (nSPS) is 11.7. The zero-order valence-corrected chi connectivity index (χ0v) is 32.7. The van der Waals surface area contributed by atoms with Crippen molar-refractivity contribution < 1.29 is 4.42 Å². The average Bonchev–Trinajstić information content (AvgIpc) is 3.72. The summed E-state index contributed by atoms with van der Waals surface area (Å²) >= 11 is 0. The molecule has 1 heterocycles. The molecule has 0 aliphatic rings. The lowest BCUT2D eigenvalue weighted by Crippen LogP contribution is -2.10. The third-order valence-corrected chi connectivity index (χ3v) is 12.2. The zero-order valence-electron chi connectivity index (χ0n) is 32.7. The fourth-order valence-electron chi connectivity index (χ4n) is 9.20. The third-order valence-electron chi connectivity index (χ3n) is 12.2. The van der Waals surface area contributed by atoms with E-state index < -0.39 is 0 Å². The Kier molecular flexibility index (Phi) is 7.89. The van der Waals surface area contributed by atoms with Gasteiger partial charge >= 0.3 is 0 Å². The summed E-state index contributed by atoms with van der Waals surface area (Å²) in [5.41, 5.74) is 12.1. The van der Waals surface area contributed by atoms with Gasteiger partial charge in [0.25, 0.3) is 0 Å². The quantitative estimate of drug-likeness (QED) is 0.168. The van der Waals surface area contributed by atoms with Crippen molar-refractivity contribution in [2.75, 3.05) is 4.90 Å². The topological polar surface area (TPSA) is 16.4 Å². The molecule has 12 aromatic rings. The Morgan fingerprint density at radius 1 is 0.300 bits per heavy atom. The van der Waals surface area contributed by atoms with Crippen molar-refractivity contribution in [2.45, 2.75) is 0 Å². The lowest BCUT2D eigenvalue weighted by Gasteiger charge is -2.26.